The van der Waals surface area contributed by atoms with Gasteiger partial charge in [0.05, 0.1) is 19.8 Å². The molecule has 0 saturated carbocycles. The van der Waals surface area contributed by atoms with Crippen molar-refractivity contribution in [3.63, 3.8) is 0 Å². The first-order valence-corrected chi connectivity index (χ1v) is 25.7. The van der Waals surface area contributed by atoms with E-state index in [4.69, 9.17) is 18.9 Å². The molecule has 64 heavy (non-hydrogen) atoms. The highest BCUT2D eigenvalue weighted by Gasteiger charge is 2.48. The molecule has 12 nitrogen and oxygen atoms in total. The first-order chi connectivity index (χ1) is 31.1. The first kappa shape index (κ1) is 59.3. The summed E-state index contributed by atoms with van der Waals surface area (Å²) in [5.41, 5.74) is 0. The van der Waals surface area contributed by atoms with E-state index < -0.39 is 59.8 Å². The second-order valence-electron chi connectivity index (χ2n) is 16.3. The number of aliphatic hydroxyl groups is 3. The Morgan fingerprint density at radius 3 is 1.58 bits per heavy atom. The van der Waals surface area contributed by atoms with Crippen molar-refractivity contribution in [3.8, 4) is 0 Å². The molecule has 0 amide bonds. The molecule has 4 N–H and O–H groups in total. The van der Waals surface area contributed by atoms with Crippen LogP contribution in [-0.4, -0.2) is 97.5 Å². The quantitative estimate of drug-likeness (QED) is 0.0198. The Balaban J connectivity index is 2.43. The number of allylic oxidation sites excluding steroid dienone is 14. The second kappa shape index (κ2) is 41.7. The molecule has 1 rings (SSSR count). The fourth-order valence-electron chi connectivity index (χ4n) is 6.85. The van der Waals surface area contributed by atoms with Gasteiger partial charge in [-0.05, 0) is 89.9 Å². The van der Waals surface area contributed by atoms with Crippen LogP contribution < -0.4 is 0 Å². The molecule has 1 aliphatic rings. The van der Waals surface area contributed by atoms with E-state index in [-0.39, 0.29) is 19.6 Å². The summed E-state index contributed by atoms with van der Waals surface area (Å²) in [5.74, 6) is -0.429. The number of carbonyl (C=O) groups excluding carboxylic acids is 1. The molecule has 1 heterocycles. The van der Waals surface area contributed by atoms with E-state index in [1.165, 1.54) is 44.9 Å². The van der Waals surface area contributed by atoms with Gasteiger partial charge in [0, 0.05) is 13.0 Å². The Labute approximate surface area is 387 Å². The molecule has 0 aromatic rings. The van der Waals surface area contributed by atoms with E-state index in [0.717, 1.165) is 96.3 Å². The molecule has 0 bridgehead atoms. The van der Waals surface area contributed by atoms with Crippen LogP contribution in [0.4, 0.5) is 0 Å². The zero-order valence-electron chi connectivity index (χ0n) is 39.3. The number of esters is 1. The van der Waals surface area contributed by atoms with Crippen molar-refractivity contribution in [1.29, 1.82) is 0 Å². The van der Waals surface area contributed by atoms with Crippen LogP contribution in [0.3, 0.4) is 0 Å². The minimum Gasteiger partial charge on any atom is -0.457 e. The average Bonchev–Trinajstić information content (AvgIpc) is 3.27. The van der Waals surface area contributed by atoms with E-state index >= 15 is 0 Å². The monoisotopic (exact) mass is 923 g/mol. The van der Waals surface area contributed by atoms with E-state index in [2.05, 4.69) is 103 Å². The molecule has 1 aliphatic heterocycles. The zero-order chi connectivity index (χ0) is 46.8. The van der Waals surface area contributed by atoms with Crippen LogP contribution >= 0.6 is 0 Å². The second-order valence-corrected chi connectivity index (χ2v) is 17.4. The van der Waals surface area contributed by atoms with Gasteiger partial charge in [-0.15, -0.1) is 0 Å². The lowest BCUT2D eigenvalue weighted by Crippen LogP contribution is -2.60. The van der Waals surface area contributed by atoms with Crippen molar-refractivity contribution < 1.29 is 56.2 Å². The van der Waals surface area contributed by atoms with E-state index in [0.29, 0.717) is 13.0 Å². The number of unbranched alkanes of at least 4 members (excludes halogenated alkanes) is 14. The van der Waals surface area contributed by atoms with Crippen molar-refractivity contribution >= 4 is 16.4 Å². The van der Waals surface area contributed by atoms with Crippen LogP contribution in [0.1, 0.15) is 168 Å². The van der Waals surface area contributed by atoms with E-state index in [1.54, 1.807) is 0 Å². The normalized spacial score (nSPS) is 20.5. The van der Waals surface area contributed by atoms with Gasteiger partial charge >= 0.3 is 16.4 Å². The van der Waals surface area contributed by atoms with Crippen molar-refractivity contribution in [2.75, 3.05) is 26.4 Å². The van der Waals surface area contributed by atoms with Gasteiger partial charge in [-0.1, -0.05) is 157 Å². The van der Waals surface area contributed by atoms with Crippen LogP contribution in [0, 0.1) is 0 Å². The molecule has 13 heteroatoms. The van der Waals surface area contributed by atoms with Crippen molar-refractivity contribution in [1.82, 2.24) is 0 Å². The molecule has 6 unspecified atom stereocenters. The highest BCUT2D eigenvalue weighted by atomic mass is 32.3. The van der Waals surface area contributed by atoms with Gasteiger partial charge in [0.2, 0.25) is 0 Å². The maximum Gasteiger partial charge on any atom is 0.397 e. The molecule has 6 atom stereocenters. The number of carbonyl (C=O) groups is 1. The lowest BCUT2D eigenvalue weighted by atomic mass is 9.99. The minimum absolute atomic E-state index is 0.0138. The topological polar surface area (TPSA) is 178 Å². The number of rotatable bonds is 41. The standard InChI is InChI=1S/C51H86O12S/c1-3-5-7-9-11-13-15-17-19-21-22-23-25-27-29-31-33-35-37-39-41-59-43-45(44-60-51-49(55)50(63-64(56,57)58)48(54)46(42-52)62-51)61-47(53)40-38-36-34-32-30-28-26-24-20-18-16-14-12-10-8-6-4-2/h6,8,11-14,17-20,22-23,26,28,45-46,48-52,54-55H,3-5,7,9-10,15-16,21,24-25,27,29-44H2,1-2H3,(H,56,57,58)/b8-6-,13-11-,14-12-,19-17-,20-18-,23-22-,28-26-. The van der Waals surface area contributed by atoms with E-state index in [1.807, 2.05) is 0 Å². The fourth-order valence-corrected chi connectivity index (χ4v) is 7.35. The molecular formula is C51H86O12S. The highest BCUT2D eigenvalue weighted by Crippen LogP contribution is 2.26. The Morgan fingerprint density at radius 2 is 1.08 bits per heavy atom. The maximum absolute atomic E-state index is 12.9. The SMILES string of the molecule is CC/C=C\C/C=C\C/C=C\C/C=C\CCCCCCC(=O)OC(COCCCCCCCCC/C=C\C/C=C\C/C=C\CCCCC)COC1OC(CO)C(O)C(OS(=O)(=O)O)C1O. The predicted molar refractivity (Wildman–Crippen MR) is 257 cm³/mol. The van der Waals surface area contributed by atoms with Gasteiger partial charge in [0.25, 0.3) is 0 Å². The van der Waals surface area contributed by atoms with Crippen LogP contribution in [0.15, 0.2) is 85.1 Å². The summed E-state index contributed by atoms with van der Waals surface area (Å²) >= 11 is 0. The van der Waals surface area contributed by atoms with Gasteiger partial charge in [0.1, 0.15) is 30.5 Å². The summed E-state index contributed by atoms with van der Waals surface area (Å²) in [6.07, 6.45) is 46.1. The third-order valence-electron chi connectivity index (χ3n) is 10.5. The molecule has 0 radical (unpaired) electrons. The largest absolute Gasteiger partial charge is 0.457 e. The van der Waals surface area contributed by atoms with Crippen LogP contribution in [-0.2, 0) is 38.3 Å². The van der Waals surface area contributed by atoms with Gasteiger partial charge in [-0.3, -0.25) is 9.35 Å². The lowest BCUT2D eigenvalue weighted by Gasteiger charge is -2.41. The van der Waals surface area contributed by atoms with Gasteiger partial charge in [-0.2, -0.15) is 8.42 Å². The summed E-state index contributed by atoms with van der Waals surface area (Å²) < 4.78 is 59.1. The Kier molecular flexibility index (Phi) is 38.6. The number of hydrogen-bond acceptors (Lipinski definition) is 11. The smallest absolute Gasteiger partial charge is 0.397 e. The molecule has 0 spiro atoms. The van der Waals surface area contributed by atoms with Gasteiger partial charge < -0.3 is 34.3 Å². The summed E-state index contributed by atoms with van der Waals surface area (Å²) in [5, 5.41) is 30.7. The Morgan fingerprint density at radius 1 is 0.609 bits per heavy atom. The van der Waals surface area contributed by atoms with Crippen molar-refractivity contribution in [2.24, 2.45) is 0 Å². The number of aliphatic hydroxyl groups excluding tert-OH is 3. The third-order valence-corrected chi connectivity index (χ3v) is 11.0. The maximum atomic E-state index is 12.9. The lowest BCUT2D eigenvalue weighted by molar-refractivity contribution is -0.301. The molecule has 1 fully saturated rings. The highest BCUT2D eigenvalue weighted by molar-refractivity contribution is 7.80. The zero-order valence-corrected chi connectivity index (χ0v) is 40.1. The van der Waals surface area contributed by atoms with Gasteiger partial charge in [-0.25, -0.2) is 4.18 Å². The summed E-state index contributed by atoms with van der Waals surface area (Å²) in [7, 11) is -5.07. The van der Waals surface area contributed by atoms with Crippen molar-refractivity contribution in [3.05, 3.63) is 85.1 Å². The van der Waals surface area contributed by atoms with Gasteiger partial charge in [0.15, 0.2) is 6.29 Å². The predicted octanol–water partition coefficient (Wildman–Crippen LogP) is 10.9. The van der Waals surface area contributed by atoms with E-state index in [9.17, 15) is 33.1 Å². The summed E-state index contributed by atoms with van der Waals surface area (Å²) in [6.45, 7) is 3.78. The molecular weight excluding hydrogens is 837 g/mol. The molecule has 0 aromatic heterocycles. The Hall–Kier alpha value is -2.72. The first-order valence-electron chi connectivity index (χ1n) is 24.3. The summed E-state index contributed by atoms with van der Waals surface area (Å²) in [6, 6.07) is 0. The Bertz CT molecular complexity index is 1440. The molecule has 0 aliphatic carbocycles. The number of ether oxygens (including phenoxy) is 4. The van der Waals surface area contributed by atoms with Crippen LogP contribution in [0.2, 0.25) is 0 Å². The minimum atomic E-state index is -5.07. The fraction of sp³-hybridized carbons (Fsp3) is 0.706. The third kappa shape index (κ3) is 34.6. The molecule has 368 valence electrons. The number of hydrogen-bond donors (Lipinski definition) is 4. The van der Waals surface area contributed by atoms with Crippen LogP contribution in [0.5, 0.6) is 0 Å². The molecule has 1 saturated heterocycles. The molecule has 0 aromatic carbocycles. The summed E-state index contributed by atoms with van der Waals surface area (Å²) in [4.78, 5) is 12.9. The average molecular weight is 923 g/mol. The van der Waals surface area contributed by atoms with Crippen molar-refractivity contribution in [2.45, 2.75) is 205 Å². The van der Waals surface area contributed by atoms with Crippen LogP contribution in [0.25, 0.3) is 0 Å².